The van der Waals surface area contributed by atoms with Gasteiger partial charge in [-0.25, -0.2) is 4.39 Å². The molecule has 0 atom stereocenters. The summed E-state index contributed by atoms with van der Waals surface area (Å²) in [5.41, 5.74) is 1.32. The SMILES string of the molecule is N#Cc1ccc(OCc2cc(F)cc(Br)c2)cc1. The van der Waals surface area contributed by atoms with Crippen molar-refractivity contribution in [2.45, 2.75) is 6.61 Å². The van der Waals surface area contributed by atoms with E-state index in [1.165, 1.54) is 12.1 Å². The van der Waals surface area contributed by atoms with Gasteiger partial charge in [0, 0.05) is 4.47 Å². The monoisotopic (exact) mass is 305 g/mol. The highest BCUT2D eigenvalue weighted by Crippen LogP contribution is 2.18. The lowest BCUT2D eigenvalue weighted by Crippen LogP contribution is -1.96. The number of benzene rings is 2. The van der Waals surface area contributed by atoms with Crippen LogP contribution in [0.15, 0.2) is 46.9 Å². The minimum atomic E-state index is -0.303. The summed E-state index contributed by atoms with van der Waals surface area (Å²) in [5.74, 6) is 0.345. The summed E-state index contributed by atoms with van der Waals surface area (Å²) >= 11 is 3.23. The van der Waals surface area contributed by atoms with Crippen LogP contribution in [0, 0.1) is 17.1 Å². The molecule has 0 saturated heterocycles. The molecule has 4 heteroatoms. The minimum absolute atomic E-state index is 0.280. The van der Waals surface area contributed by atoms with Gasteiger partial charge in [-0.15, -0.1) is 0 Å². The zero-order valence-corrected chi connectivity index (χ0v) is 10.9. The average molecular weight is 306 g/mol. The van der Waals surface area contributed by atoms with Crippen molar-refractivity contribution in [3.63, 3.8) is 0 Å². The van der Waals surface area contributed by atoms with Gasteiger partial charge in [0.25, 0.3) is 0 Å². The molecule has 0 aromatic heterocycles. The Morgan fingerprint density at radius 1 is 1.17 bits per heavy atom. The molecule has 2 aromatic carbocycles. The Labute approximate surface area is 113 Å². The highest BCUT2D eigenvalue weighted by Gasteiger charge is 2.01. The van der Waals surface area contributed by atoms with Gasteiger partial charge >= 0.3 is 0 Å². The molecule has 0 bridgehead atoms. The topological polar surface area (TPSA) is 33.0 Å². The number of ether oxygens (including phenoxy) is 1. The molecular weight excluding hydrogens is 297 g/mol. The summed E-state index contributed by atoms with van der Waals surface area (Å²) in [7, 11) is 0. The number of hydrogen-bond donors (Lipinski definition) is 0. The van der Waals surface area contributed by atoms with Gasteiger partial charge in [-0.05, 0) is 48.0 Å². The van der Waals surface area contributed by atoms with E-state index in [0.29, 0.717) is 15.8 Å². The van der Waals surface area contributed by atoms with E-state index in [9.17, 15) is 4.39 Å². The van der Waals surface area contributed by atoms with Gasteiger partial charge in [0.15, 0.2) is 0 Å². The number of rotatable bonds is 3. The van der Waals surface area contributed by atoms with Crippen LogP contribution in [0.4, 0.5) is 4.39 Å². The van der Waals surface area contributed by atoms with Crippen molar-refractivity contribution in [2.24, 2.45) is 0 Å². The lowest BCUT2D eigenvalue weighted by atomic mass is 10.2. The van der Waals surface area contributed by atoms with Gasteiger partial charge in [-0.1, -0.05) is 15.9 Å². The van der Waals surface area contributed by atoms with Crippen LogP contribution in [0.5, 0.6) is 5.75 Å². The molecule has 90 valence electrons. The molecule has 0 aliphatic heterocycles. The number of nitriles is 1. The Kier molecular flexibility index (Phi) is 3.96. The van der Waals surface area contributed by atoms with Crippen LogP contribution in [-0.4, -0.2) is 0 Å². The number of halogens is 2. The largest absolute Gasteiger partial charge is 0.489 e. The quantitative estimate of drug-likeness (QED) is 0.857. The van der Waals surface area contributed by atoms with Crippen molar-refractivity contribution in [3.8, 4) is 11.8 Å². The Hall–Kier alpha value is -1.86. The summed E-state index contributed by atoms with van der Waals surface area (Å²) in [4.78, 5) is 0. The minimum Gasteiger partial charge on any atom is -0.489 e. The van der Waals surface area contributed by atoms with Gasteiger partial charge in [-0.2, -0.15) is 5.26 Å². The van der Waals surface area contributed by atoms with E-state index in [4.69, 9.17) is 10.00 Å². The first-order valence-electron chi connectivity index (χ1n) is 5.25. The summed E-state index contributed by atoms with van der Waals surface area (Å²) in [6.07, 6.45) is 0. The second-order valence-corrected chi connectivity index (χ2v) is 4.62. The molecule has 18 heavy (non-hydrogen) atoms. The van der Waals surface area contributed by atoms with Crippen molar-refractivity contribution in [2.75, 3.05) is 0 Å². The maximum absolute atomic E-state index is 13.1. The maximum Gasteiger partial charge on any atom is 0.124 e. The molecule has 0 saturated carbocycles. The molecule has 0 fully saturated rings. The van der Waals surface area contributed by atoms with Crippen LogP contribution in [0.25, 0.3) is 0 Å². The van der Waals surface area contributed by atoms with Crippen molar-refractivity contribution in [1.82, 2.24) is 0 Å². The van der Waals surface area contributed by atoms with E-state index >= 15 is 0 Å². The van der Waals surface area contributed by atoms with Gasteiger partial charge in [-0.3, -0.25) is 0 Å². The first-order chi connectivity index (χ1) is 8.67. The average Bonchev–Trinajstić information content (AvgIpc) is 2.36. The summed E-state index contributed by atoms with van der Waals surface area (Å²) in [6, 6.07) is 13.4. The Balaban J connectivity index is 2.04. The fraction of sp³-hybridized carbons (Fsp3) is 0.0714. The molecule has 0 aliphatic carbocycles. The van der Waals surface area contributed by atoms with E-state index in [1.807, 2.05) is 6.07 Å². The van der Waals surface area contributed by atoms with Crippen LogP contribution >= 0.6 is 15.9 Å². The number of hydrogen-bond acceptors (Lipinski definition) is 2. The lowest BCUT2D eigenvalue weighted by Gasteiger charge is -2.06. The van der Waals surface area contributed by atoms with Crippen LogP contribution in [0.3, 0.4) is 0 Å². The zero-order valence-electron chi connectivity index (χ0n) is 9.36. The Bertz CT molecular complexity index is 569. The van der Waals surface area contributed by atoms with Crippen molar-refractivity contribution in [3.05, 3.63) is 63.9 Å². The highest BCUT2D eigenvalue weighted by atomic mass is 79.9. The first-order valence-corrected chi connectivity index (χ1v) is 6.04. The molecule has 2 aromatic rings. The Morgan fingerprint density at radius 3 is 2.50 bits per heavy atom. The maximum atomic E-state index is 13.1. The second kappa shape index (κ2) is 5.65. The van der Waals surface area contributed by atoms with E-state index in [1.54, 1.807) is 30.3 Å². The van der Waals surface area contributed by atoms with Gasteiger partial charge in [0.1, 0.15) is 18.2 Å². The Morgan fingerprint density at radius 2 is 1.89 bits per heavy atom. The van der Waals surface area contributed by atoms with Crippen LogP contribution in [0.2, 0.25) is 0 Å². The van der Waals surface area contributed by atoms with E-state index in [0.717, 1.165) is 5.56 Å². The predicted molar refractivity (Wildman–Crippen MR) is 69.6 cm³/mol. The summed E-state index contributed by atoms with van der Waals surface area (Å²) in [5, 5.41) is 8.66. The van der Waals surface area contributed by atoms with E-state index in [2.05, 4.69) is 15.9 Å². The lowest BCUT2D eigenvalue weighted by molar-refractivity contribution is 0.305. The van der Waals surface area contributed by atoms with Gasteiger partial charge in [0.05, 0.1) is 11.6 Å². The molecule has 0 aliphatic rings. The van der Waals surface area contributed by atoms with Crippen molar-refractivity contribution < 1.29 is 9.13 Å². The molecule has 0 N–H and O–H groups in total. The third-order valence-corrected chi connectivity index (χ3v) is 2.77. The predicted octanol–water partition coefficient (Wildman–Crippen LogP) is 4.04. The molecule has 0 heterocycles. The van der Waals surface area contributed by atoms with Crippen LogP contribution in [-0.2, 0) is 6.61 Å². The third-order valence-electron chi connectivity index (χ3n) is 2.31. The highest BCUT2D eigenvalue weighted by molar-refractivity contribution is 9.10. The molecule has 0 spiro atoms. The fourth-order valence-electron chi connectivity index (χ4n) is 1.49. The van der Waals surface area contributed by atoms with Gasteiger partial charge in [0.2, 0.25) is 0 Å². The molecule has 0 radical (unpaired) electrons. The smallest absolute Gasteiger partial charge is 0.124 e. The zero-order chi connectivity index (χ0) is 13.0. The molecule has 2 nitrogen and oxygen atoms in total. The van der Waals surface area contributed by atoms with Crippen LogP contribution in [0.1, 0.15) is 11.1 Å². The summed E-state index contributed by atoms with van der Waals surface area (Å²) < 4.78 is 19.3. The molecular formula is C14H9BrFNO. The first kappa shape index (κ1) is 12.6. The standard InChI is InChI=1S/C14H9BrFNO/c15-12-5-11(6-13(16)7-12)9-18-14-3-1-10(8-17)2-4-14/h1-7H,9H2. The van der Waals surface area contributed by atoms with E-state index in [-0.39, 0.29) is 12.4 Å². The van der Waals surface area contributed by atoms with Crippen LogP contribution < -0.4 is 4.74 Å². The normalized spacial score (nSPS) is 9.83. The molecule has 0 amide bonds. The van der Waals surface area contributed by atoms with Crippen molar-refractivity contribution in [1.29, 1.82) is 5.26 Å². The fourth-order valence-corrected chi connectivity index (χ4v) is 2.00. The number of nitrogens with zero attached hydrogens (tertiary/aromatic N) is 1. The molecule has 0 unspecified atom stereocenters. The molecule has 2 rings (SSSR count). The van der Waals surface area contributed by atoms with E-state index < -0.39 is 0 Å². The van der Waals surface area contributed by atoms with Gasteiger partial charge < -0.3 is 4.74 Å². The van der Waals surface area contributed by atoms with Crippen molar-refractivity contribution >= 4 is 15.9 Å². The second-order valence-electron chi connectivity index (χ2n) is 3.70. The third kappa shape index (κ3) is 3.31. The summed E-state index contributed by atoms with van der Waals surface area (Å²) in [6.45, 7) is 0.280.